The lowest BCUT2D eigenvalue weighted by Gasteiger charge is -2.32. The number of rotatable bonds is 8. The minimum atomic E-state index is -0.625. The zero-order valence-corrected chi connectivity index (χ0v) is 19.4. The van der Waals surface area contributed by atoms with Crippen molar-refractivity contribution in [2.45, 2.75) is 31.2 Å². The fourth-order valence-corrected chi connectivity index (χ4v) is 4.45. The number of pyridine rings is 1. The lowest BCUT2D eigenvalue weighted by Crippen LogP contribution is -2.51. The van der Waals surface area contributed by atoms with Crippen LogP contribution in [0.1, 0.15) is 41.7 Å². The molecule has 3 heterocycles. The summed E-state index contributed by atoms with van der Waals surface area (Å²) in [6.07, 6.45) is 3.26. The lowest BCUT2D eigenvalue weighted by atomic mass is 9.89. The summed E-state index contributed by atoms with van der Waals surface area (Å²) in [5.74, 6) is 0.0575. The number of hydrogen-bond donors (Lipinski definition) is 2. The van der Waals surface area contributed by atoms with Crippen LogP contribution in [-0.4, -0.2) is 66.8 Å². The Labute approximate surface area is 198 Å². The number of aromatic nitrogens is 1. The van der Waals surface area contributed by atoms with Crippen LogP contribution in [0.3, 0.4) is 0 Å². The molecule has 1 unspecified atom stereocenters. The van der Waals surface area contributed by atoms with E-state index in [1.54, 1.807) is 11.0 Å². The molecule has 0 radical (unpaired) electrons. The molecule has 2 fully saturated rings. The minimum absolute atomic E-state index is 0.0285. The van der Waals surface area contributed by atoms with Crippen molar-refractivity contribution in [3.8, 4) is 5.75 Å². The monoisotopic (exact) mass is 472 g/mol. The predicted octanol–water partition coefficient (Wildman–Crippen LogP) is 3.22. The summed E-state index contributed by atoms with van der Waals surface area (Å²) in [7, 11) is 0. The minimum Gasteiger partial charge on any atom is -0.491 e. The van der Waals surface area contributed by atoms with Gasteiger partial charge in [-0.25, -0.2) is 14.6 Å². The molecule has 0 bridgehead atoms. The van der Waals surface area contributed by atoms with Gasteiger partial charge in [0, 0.05) is 18.5 Å². The molecule has 2 amide bonds. The molecule has 0 saturated carbocycles. The number of piperidine rings is 1. The van der Waals surface area contributed by atoms with E-state index in [0.29, 0.717) is 25.4 Å². The summed E-state index contributed by atoms with van der Waals surface area (Å²) >= 11 is 6.26. The molecule has 2 aromatic rings. The van der Waals surface area contributed by atoms with Crippen molar-refractivity contribution in [3.63, 3.8) is 0 Å². The normalized spacial score (nSPS) is 18.1. The van der Waals surface area contributed by atoms with Crippen LogP contribution in [0.25, 0.3) is 0 Å². The molecule has 33 heavy (non-hydrogen) atoms. The highest BCUT2D eigenvalue weighted by atomic mass is 35.5. The Kier molecular flexibility index (Phi) is 7.35. The van der Waals surface area contributed by atoms with Crippen molar-refractivity contribution in [2.75, 3.05) is 39.4 Å². The Balaban J connectivity index is 1.25. The van der Waals surface area contributed by atoms with Crippen LogP contribution in [0.4, 0.5) is 4.79 Å². The maximum Gasteiger partial charge on any atom is 0.358 e. The van der Waals surface area contributed by atoms with Crippen LogP contribution < -0.4 is 15.4 Å². The number of carbonyl (C=O) groups is 2. The van der Waals surface area contributed by atoms with Gasteiger partial charge in [-0.15, -0.1) is 0 Å². The molecule has 1 atom stereocenters. The number of nitrogens with zero attached hydrogens (tertiary/aromatic N) is 2. The van der Waals surface area contributed by atoms with Gasteiger partial charge in [0.15, 0.2) is 5.69 Å². The number of ether oxygens (including phenoxy) is 2. The number of benzene rings is 1. The molecule has 2 saturated heterocycles. The number of carbonyl (C=O) groups excluding carboxylic acids is 2. The number of halogens is 1. The number of urea groups is 1. The first-order valence-electron chi connectivity index (χ1n) is 11.2. The van der Waals surface area contributed by atoms with Crippen molar-refractivity contribution in [1.29, 1.82) is 0 Å². The third-order valence-corrected chi connectivity index (χ3v) is 6.47. The Morgan fingerprint density at radius 2 is 2.03 bits per heavy atom. The molecule has 1 aromatic carbocycles. The van der Waals surface area contributed by atoms with Gasteiger partial charge in [-0.05, 0) is 31.5 Å². The summed E-state index contributed by atoms with van der Waals surface area (Å²) in [6, 6.07) is 11.5. The van der Waals surface area contributed by atoms with E-state index in [1.807, 2.05) is 18.2 Å². The standard InChI is InChI=1S/C24H29ClN4O4/c1-17(18-5-3-2-4-6-18)15-33-19-13-20(25)21(27-14-19)22(30)32-12-11-29-16-24(28-23(29)31)7-9-26-10-8-24/h2-6,13-14,17,26H,7-12,15-16H2,1H3,(H,28,31). The van der Waals surface area contributed by atoms with E-state index < -0.39 is 5.97 Å². The highest BCUT2D eigenvalue weighted by Gasteiger charge is 2.42. The molecule has 2 aliphatic rings. The first kappa shape index (κ1) is 23.3. The number of esters is 1. The predicted molar refractivity (Wildman–Crippen MR) is 125 cm³/mol. The molecule has 1 aromatic heterocycles. The summed E-state index contributed by atoms with van der Waals surface area (Å²) in [5, 5.41) is 6.56. The van der Waals surface area contributed by atoms with Crippen LogP contribution in [0.15, 0.2) is 42.6 Å². The highest BCUT2D eigenvalue weighted by molar-refractivity contribution is 6.33. The fraction of sp³-hybridized carbons (Fsp3) is 0.458. The van der Waals surface area contributed by atoms with Crippen molar-refractivity contribution in [2.24, 2.45) is 0 Å². The Bertz CT molecular complexity index is 982. The molecule has 0 aliphatic carbocycles. The van der Waals surface area contributed by atoms with Crippen LogP contribution in [0.2, 0.25) is 5.02 Å². The van der Waals surface area contributed by atoms with Crippen molar-refractivity contribution < 1.29 is 19.1 Å². The van der Waals surface area contributed by atoms with Gasteiger partial charge >= 0.3 is 12.0 Å². The van der Waals surface area contributed by atoms with Gasteiger partial charge in [-0.2, -0.15) is 0 Å². The maximum absolute atomic E-state index is 12.4. The van der Waals surface area contributed by atoms with Gasteiger partial charge < -0.3 is 25.0 Å². The Hall–Kier alpha value is -2.84. The van der Waals surface area contributed by atoms with Crippen molar-refractivity contribution >= 4 is 23.6 Å². The van der Waals surface area contributed by atoms with Gasteiger partial charge in [0.2, 0.25) is 0 Å². The van der Waals surface area contributed by atoms with E-state index in [-0.39, 0.29) is 34.8 Å². The zero-order chi connectivity index (χ0) is 23.3. The average molecular weight is 473 g/mol. The largest absolute Gasteiger partial charge is 0.491 e. The van der Waals surface area contributed by atoms with Gasteiger partial charge in [-0.1, -0.05) is 48.9 Å². The van der Waals surface area contributed by atoms with Crippen LogP contribution in [0.5, 0.6) is 5.75 Å². The molecule has 8 nitrogen and oxygen atoms in total. The van der Waals surface area contributed by atoms with E-state index in [0.717, 1.165) is 25.9 Å². The number of hydrogen-bond acceptors (Lipinski definition) is 6. The van der Waals surface area contributed by atoms with Gasteiger partial charge in [0.25, 0.3) is 0 Å². The molecular weight excluding hydrogens is 444 g/mol. The second-order valence-corrected chi connectivity index (χ2v) is 9.05. The quantitative estimate of drug-likeness (QED) is 0.573. The van der Waals surface area contributed by atoms with E-state index in [1.165, 1.54) is 11.8 Å². The summed E-state index contributed by atoms with van der Waals surface area (Å²) in [4.78, 5) is 30.6. The molecule has 9 heteroatoms. The second-order valence-electron chi connectivity index (χ2n) is 8.64. The summed E-state index contributed by atoms with van der Waals surface area (Å²) < 4.78 is 11.1. The van der Waals surface area contributed by atoms with Gasteiger partial charge in [0.1, 0.15) is 12.4 Å². The van der Waals surface area contributed by atoms with E-state index >= 15 is 0 Å². The fourth-order valence-electron chi connectivity index (χ4n) is 4.22. The summed E-state index contributed by atoms with van der Waals surface area (Å²) in [6.45, 7) is 5.33. The van der Waals surface area contributed by atoms with E-state index in [4.69, 9.17) is 21.1 Å². The zero-order valence-electron chi connectivity index (χ0n) is 18.7. The van der Waals surface area contributed by atoms with Crippen LogP contribution in [0, 0.1) is 0 Å². The van der Waals surface area contributed by atoms with E-state index in [9.17, 15) is 9.59 Å². The van der Waals surface area contributed by atoms with Crippen LogP contribution >= 0.6 is 11.6 Å². The van der Waals surface area contributed by atoms with Gasteiger partial charge in [0.05, 0.1) is 29.9 Å². The SMILES string of the molecule is CC(COc1cnc(C(=O)OCCN2CC3(CCNCC3)NC2=O)c(Cl)c1)c1ccccc1. The van der Waals surface area contributed by atoms with Crippen molar-refractivity contribution in [3.05, 3.63) is 58.9 Å². The molecule has 1 spiro atoms. The smallest absolute Gasteiger partial charge is 0.358 e. The molecule has 2 aliphatic heterocycles. The van der Waals surface area contributed by atoms with Gasteiger partial charge in [-0.3, -0.25) is 0 Å². The second kappa shape index (κ2) is 10.4. The van der Waals surface area contributed by atoms with Crippen LogP contribution in [-0.2, 0) is 4.74 Å². The summed E-state index contributed by atoms with van der Waals surface area (Å²) in [5.41, 5.74) is 1.03. The third kappa shape index (κ3) is 5.75. The Morgan fingerprint density at radius 1 is 1.27 bits per heavy atom. The average Bonchev–Trinajstić information content (AvgIpc) is 3.12. The maximum atomic E-state index is 12.4. The van der Waals surface area contributed by atoms with E-state index in [2.05, 4.69) is 34.7 Å². The lowest BCUT2D eigenvalue weighted by molar-refractivity contribution is 0.0471. The molecular formula is C24H29ClN4O4. The van der Waals surface area contributed by atoms with Crippen molar-refractivity contribution in [1.82, 2.24) is 20.5 Å². The Morgan fingerprint density at radius 3 is 2.76 bits per heavy atom. The number of nitrogens with one attached hydrogen (secondary N) is 2. The topological polar surface area (TPSA) is 92.8 Å². The number of amides is 2. The highest BCUT2D eigenvalue weighted by Crippen LogP contribution is 2.26. The third-order valence-electron chi connectivity index (χ3n) is 6.19. The first-order valence-corrected chi connectivity index (χ1v) is 11.6. The molecule has 4 rings (SSSR count). The molecule has 176 valence electrons. The molecule has 2 N–H and O–H groups in total. The first-order chi connectivity index (χ1) is 16.0.